The quantitative estimate of drug-likeness (QED) is 0.704. The fraction of sp³-hybridized carbons (Fsp3) is 0.0769. The molecule has 1 N–H and O–H groups in total. The molecular weight excluding hydrogens is 206 g/mol. The second-order valence-corrected chi connectivity index (χ2v) is 4.06. The highest BCUT2D eigenvalue weighted by Gasteiger charge is 2.31. The van der Waals surface area contributed by atoms with Gasteiger partial charge in [0.1, 0.15) is 17.7 Å². The van der Waals surface area contributed by atoms with Crippen LogP contribution in [0.25, 0.3) is 0 Å². The van der Waals surface area contributed by atoms with Crippen molar-refractivity contribution < 1.29 is 0 Å². The van der Waals surface area contributed by atoms with Gasteiger partial charge in [0, 0.05) is 34.5 Å². The molecule has 0 fully saturated rings. The molecule has 1 heterocycles. The van der Waals surface area contributed by atoms with Crippen molar-refractivity contribution in [3.8, 4) is 0 Å². The van der Waals surface area contributed by atoms with Gasteiger partial charge < -0.3 is 5.32 Å². The lowest BCUT2D eigenvalue weighted by Crippen LogP contribution is -2.24. The molecule has 0 bridgehead atoms. The summed E-state index contributed by atoms with van der Waals surface area (Å²) in [4.78, 5) is 0. The Balaban J connectivity index is 1.97. The molecule has 72 valence electrons. The van der Waals surface area contributed by atoms with Crippen LogP contribution in [0, 0.1) is 6.08 Å². The molecule has 1 aromatic carbocycles. The average Bonchev–Trinajstić information content (AvgIpc) is 2.25. The van der Waals surface area contributed by atoms with E-state index in [2.05, 4.69) is 17.5 Å². The minimum atomic E-state index is 0.250. The van der Waals surface area contributed by atoms with Gasteiger partial charge >= 0.3 is 0 Å². The summed E-state index contributed by atoms with van der Waals surface area (Å²) < 4.78 is 0. The molecule has 1 aliphatic carbocycles. The molecular formula is C13H9ClN+. The molecule has 0 spiro atoms. The maximum atomic E-state index is 5.97. The Labute approximate surface area is 93.8 Å². The number of hydrogen-bond acceptors (Lipinski definition) is 1. The van der Waals surface area contributed by atoms with Crippen LogP contribution in [0.2, 0.25) is 5.02 Å². The lowest BCUT2D eigenvalue weighted by molar-refractivity contribution is 0.862. The van der Waals surface area contributed by atoms with Crippen molar-refractivity contribution in [3.05, 3.63) is 64.7 Å². The molecule has 15 heavy (non-hydrogen) atoms. The molecule has 0 saturated carbocycles. The smallest absolute Gasteiger partial charge is 0.142 e. The largest absolute Gasteiger partial charge is 0.371 e. The summed E-state index contributed by atoms with van der Waals surface area (Å²) in [7, 11) is 0. The fourth-order valence-corrected chi connectivity index (χ4v) is 2.07. The standard InChI is InChI=1S/C13H9ClN/c14-10-6-7-12-11(8-10)13(15-12)9-4-2-1-3-5-9/h1-4,6-8,13,15H/q+1. The summed E-state index contributed by atoms with van der Waals surface area (Å²) >= 11 is 5.97. The predicted octanol–water partition coefficient (Wildman–Crippen LogP) is 3.66. The molecule has 1 aromatic rings. The molecule has 2 heteroatoms. The Bertz CT molecular complexity index is 497. The predicted molar refractivity (Wildman–Crippen MR) is 62.9 cm³/mol. The normalized spacial score (nSPS) is 20.9. The third kappa shape index (κ3) is 1.37. The lowest BCUT2D eigenvalue weighted by Gasteiger charge is -2.31. The number of hydrogen-bond donors (Lipinski definition) is 1. The average molecular weight is 215 g/mol. The van der Waals surface area contributed by atoms with Crippen molar-refractivity contribution in [1.29, 1.82) is 0 Å². The number of nitrogens with one attached hydrogen (secondary N) is 1. The monoisotopic (exact) mass is 214 g/mol. The summed E-state index contributed by atoms with van der Waals surface area (Å²) in [5.41, 5.74) is 3.58. The first-order valence-electron chi connectivity index (χ1n) is 4.87. The van der Waals surface area contributed by atoms with E-state index in [0.717, 1.165) is 10.6 Å². The highest BCUT2D eigenvalue weighted by Crippen LogP contribution is 2.42. The van der Waals surface area contributed by atoms with Crippen LogP contribution in [-0.2, 0) is 0 Å². The number of fused-ring (bicyclic) bond motifs is 1. The van der Waals surface area contributed by atoms with Gasteiger partial charge in [0.15, 0.2) is 0 Å². The van der Waals surface area contributed by atoms with Crippen LogP contribution < -0.4 is 5.32 Å². The second kappa shape index (κ2) is 3.23. The van der Waals surface area contributed by atoms with Crippen LogP contribution in [0.1, 0.15) is 11.6 Å². The number of allylic oxidation sites excluding steroid dienone is 4. The van der Waals surface area contributed by atoms with E-state index in [9.17, 15) is 0 Å². The zero-order chi connectivity index (χ0) is 10.3. The van der Waals surface area contributed by atoms with E-state index >= 15 is 0 Å². The number of anilines is 1. The topological polar surface area (TPSA) is 12.0 Å². The molecule has 1 atom stereocenters. The molecule has 2 aliphatic rings. The molecule has 0 radical (unpaired) electrons. The van der Waals surface area contributed by atoms with Crippen molar-refractivity contribution in [2.45, 2.75) is 6.04 Å². The molecule has 0 amide bonds. The van der Waals surface area contributed by atoms with Crippen molar-refractivity contribution in [3.63, 3.8) is 0 Å². The van der Waals surface area contributed by atoms with Gasteiger partial charge in [0.2, 0.25) is 0 Å². The van der Waals surface area contributed by atoms with Crippen LogP contribution in [0.3, 0.4) is 0 Å². The maximum Gasteiger partial charge on any atom is 0.142 e. The Morgan fingerprint density at radius 3 is 3.00 bits per heavy atom. The summed E-state index contributed by atoms with van der Waals surface area (Å²) in [6.45, 7) is 0. The molecule has 1 nitrogen and oxygen atoms in total. The molecule has 1 unspecified atom stereocenters. The van der Waals surface area contributed by atoms with E-state index in [1.54, 1.807) is 0 Å². The second-order valence-electron chi connectivity index (χ2n) is 3.63. The lowest BCUT2D eigenvalue weighted by atomic mass is 9.89. The Morgan fingerprint density at radius 2 is 2.20 bits per heavy atom. The highest BCUT2D eigenvalue weighted by molar-refractivity contribution is 6.30. The first-order valence-corrected chi connectivity index (χ1v) is 5.25. The minimum Gasteiger partial charge on any atom is -0.371 e. The highest BCUT2D eigenvalue weighted by atomic mass is 35.5. The van der Waals surface area contributed by atoms with Gasteiger partial charge in [0.05, 0.1) is 6.08 Å². The number of benzene rings is 1. The first-order chi connectivity index (χ1) is 7.34. The maximum absolute atomic E-state index is 5.97. The van der Waals surface area contributed by atoms with Crippen LogP contribution >= 0.6 is 11.6 Å². The van der Waals surface area contributed by atoms with E-state index in [1.165, 1.54) is 11.3 Å². The van der Waals surface area contributed by atoms with Gasteiger partial charge in [-0.05, 0) is 18.2 Å². The van der Waals surface area contributed by atoms with Crippen molar-refractivity contribution in [2.24, 2.45) is 0 Å². The fourth-order valence-electron chi connectivity index (χ4n) is 1.89. The van der Waals surface area contributed by atoms with Gasteiger partial charge in [-0.3, -0.25) is 0 Å². The van der Waals surface area contributed by atoms with E-state index < -0.39 is 0 Å². The van der Waals surface area contributed by atoms with Gasteiger partial charge in [-0.1, -0.05) is 11.6 Å². The van der Waals surface area contributed by atoms with Crippen molar-refractivity contribution in [2.75, 3.05) is 5.32 Å². The zero-order valence-corrected chi connectivity index (χ0v) is 8.75. The van der Waals surface area contributed by atoms with Crippen LogP contribution in [0.15, 0.2) is 48.1 Å². The number of halogens is 1. The van der Waals surface area contributed by atoms with Gasteiger partial charge in [-0.2, -0.15) is 0 Å². The Morgan fingerprint density at radius 1 is 1.27 bits per heavy atom. The van der Waals surface area contributed by atoms with Crippen LogP contribution in [-0.4, -0.2) is 0 Å². The van der Waals surface area contributed by atoms with Crippen LogP contribution in [0.4, 0.5) is 5.69 Å². The SMILES string of the molecule is Clc1ccc2c(c1)C(C1=CC=CC=[C+]1)N2. The van der Waals surface area contributed by atoms with Crippen molar-refractivity contribution >= 4 is 17.3 Å². The van der Waals surface area contributed by atoms with E-state index in [0.29, 0.717) is 0 Å². The van der Waals surface area contributed by atoms with Gasteiger partial charge in [-0.25, -0.2) is 0 Å². The third-order valence-electron chi connectivity index (χ3n) is 2.67. The molecule has 3 rings (SSSR count). The van der Waals surface area contributed by atoms with Gasteiger partial charge in [-0.15, -0.1) is 0 Å². The van der Waals surface area contributed by atoms with Crippen LogP contribution in [0.5, 0.6) is 0 Å². The summed E-state index contributed by atoms with van der Waals surface area (Å²) in [6.07, 6.45) is 11.2. The summed E-state index contributed by atoms with van der Waals surface area (Å²) in [5, 5.41) is 4.17. The van der Waals surface area contributed by atoms with Gasteiger partial charge in [0.25, 0.3) is 0 Å². The third-order valence-corrected chi connectivity index (χ3v) is 2.90. The van der Waals surface area contributed by atoms with Crippen molar-refractivity contribution in [1.82, 2.24) is 0 Å². The molecule has 0 aromatic heterocycles. The summed E-state index contributed by atoms with van der Waals surface area (Å²) in [5.74, 6) is 0. The zero-order valence-electron chi connectivity index (χ0n) is 8.00. The summed E-state index contributed by atoms with van der Waals surface area (Å²) in [6, 6.07) is 6.17. The minimum absolute atomic E-state index is 0.250. The number of rotatable bonds is 1. The van der Waals surface area contributed by atoms with E-state index in [4.69, 9.17) is 11.6 Å². The Kier molecular flexibility index (Phi) is 1.88. The first kappa shape index (κ1) is 8.72. The molecule has 1 aliphatic heterocycles. The van der Waals surface area contributed by atoms with E-state index in [1.807, 2.05) is 36.4 Å². The Hall–Kier alpha value is -1.56. The molecule has 0 saturated heterocycles. The van der Waals surface area contributed by atoms with E-state index in [-0.39, 0.29) is 6.04 Å².